The zero-order valence-electron chi connectivity index (χ0n) is 22.8. The van der Waals surface area contributed by atoms with E-state index in [2.05, 4.69) is 10.3 Å². The molecule has 1 fully saturated rings. The molecule has 1 aliphatic heterocycles. The van der Waals surface area contributed by atoms with E-state index in [-0.39, 0.29) is 28.6 Å². The first kappa shape index (κ1) is 29.7. The third kappa shape index (κ3) is 6.47. The molecule has 0 aliphatic carbocycles. The third-order valence-electron chi connectivity index (χ3n) is 7.34. The zero-order chi connectivity index (χ0) is 29.9. The van der Waals surface area contributed by atoms with Crippen molar-refractivity contribution in [1.29, 1.82) is 0 Å². The van der Waals surface area contributed by atoms with Crippen molar-refractivity contribution >= 4 is 33.2 Å². The molecule has 5 rings (SSSR count). The van der Waals surface area contributed by atoms with Gasteiger partial charge >= 0.3 is 0 Å². The molecule has 42 heavy (non-hydrogen) atoms. The maximum atomic E-state index is 15.0. The molecule has 4 atom stereocenters. The van der Waals surface area contributed by atoms with Crippen LogP contribution in [-0.2, 0) is 21.2 Å². The average molecular weight is 609 g/mol. The summed E-state index contributed by atoms with van der Waals surface area (Å²) >= 11 is 6.09. The lowest BCUT2D eigenvalue weighted by molar-refractivity contribution is -0.117. The summed E-state index contributed by atoms with van der Waals surface area (Å²) in [6.07, 6.45) is 2.22. The lowest BCUT2D eigenvalue weighted by Gasteiger charge is -2.25. The second-order valence-corrected chi connectivity index (χ2v) is 12.4. The van der Waals surface area contributed by atoms with Crippen LogP contribution in [0.25, 0.3) is 0 Å². The van der Waals surface area contributed by atoms with Gasteiger partial charge in [-0.15, -0.1) is 0 Å². The minimum absolute atomic E-state index is 0.225. The fourth-order valence-corrected chi connectivity index (χ4v) is 6.76. The van der Waals surface area contributed by atoms with Gasteiger partial charge in [0.1, 0.15) is 5.82 Å². The molecule has 8 nitrogen and oxygen atoms in total. The maximum absolute atomic E-state index is 15.0. The zero-order valence-corrected chi connectivity index (χ0v) is 24.4. The van der Waals surface area contributed by atoms with Gasteiger partial charge in [0.05, 0.1) is 18.0 Å². The number of aromatic nitrogens is 1. The van der Waals surface area contributed by atoms with Gasteiger partial charge in [-0.05, 0) is 60.4 Å². The van der Waals surface area contributed by atoms with Crippen molar-refractivity contribution in [1.82, 2.24) is 9.29 Å². The van der Waals surface area contributed by atoms with E-state index >= 15 is 4.39 Å². The molecule has 1 aliphatic rings. The molecule has 0 saturated carbocycles. The molecule has 1 amide bonds. The highest BCUT2D eigenvalue weighted by Crippen LogP contribution is 2.33. The van der Waals surface area contributed by atoms with Crippen LogP contribution in [0.1, 0.15) is 29.0 Å². The molecular weight excluding hydrogens is 579 g/mol. The summed E-state index contributed by atoms with van der Waals surface area (Å²) in [5, 5.41) is 3.35. The van der Waals surface area contributed by atoms with Crippen molar-refractivity contribution in [2.24, 2.45) is 5.73 Å². The molecule has 11 heteroatoms. The van der Waals surface area contributed by atoms with Crippen LogP contribution in [0.4, 0.5) is 10.1 Å². The number of carbonyl (C=O) groups is 1. The highest BCUT2D eigenvalue weighted by molar-refractivity contribution is 7.89. The molecule has 1 aromatic heterocycles. The smallest absolute Gasteiger partial charge is 0.243 e. The number of hydrogen-bond acceptors (Lipinski definition) is 6. The molecule has 2 heterocycles. The van der Waals surface area contributed by atoms with Crippen LogP contribution in [0.2, 0.25) is 5.02 Å². The first-order valence-corrected chi connectivity index (χ1v) is 15.2. The van der Waals surface area contributed by atoms with Gasteiger partial charge in [-0.2, -0.15) is 4.31 Å². The number of halogens is 2. The summed E-state index contributed by atoms with van der Waals surface area (Å²) in [5.41, 5.74) is 8.57. The number of carbonyl (C=O) groups excluding carboxylic acids is 1. The fourth-order valence-electron chi connectivity index (χ4n) is 5.00. The van der Waals surface area contributed by atoms with Crippen molar-refractivity contribution < 1.29 is 22.3 Å². The number of sulfonamides is 1. The van der Waals surface area contributed by atoms with E-state index in [9.17, 15) is 13.2 Å². The quantitative estimate of drug-likeness (QED) is 0.232. The van der Waals surface area contributed by atoms with Crippen LogP contribution < -0.4 is 15.8 Å². The van der Waals surface area contributed by atoms with E-state index in [4.69, 9.17) is 22.1 Å². The number of nitrogens with zero attached hydrogens (tertiary/aromatic N) is 2. The monoisotopic (exact) mass is 608 g/mol. The number of ether oxygens (including phenoxy) is 1. The van der Waals surface area contributed by atoms with E-state index in [0.29, 0.717) is 29.4 Å². The summed E-state index contributed by atoms with van der Waals surface area (Å²) in [6.45, 7) is 0.358. The Morgan fingerprint density at radius 1 is 1.07 bits per heavy atom. The van der Waals surface area contributed by atoms with E-state index in [1.54, 1.807) is 79.0 Å². The number of amides is 1. The summed E-state index contributed by atoms with van der Waals surface area (Å²) < 4.78 is 47.4. The second kappa shape index (κ2) is 12.6. The molecule has 218 valence electrons. The first-order valence-electron chi connectivity index (χ1n) is 13.3. The fraction of sp³-hybridized carbons (Fsp3) is 0.226. The number of nitrogens with two attached hydrogens (primary N) is 1. The number of rotatable bonds is 11. The van der Waals surface area contributed by atoms with Gasteiger partial charge in [0.15, 0.2) is 0 Å². The topological polar surface area (TPSA) is 114 Å². The van der Waals surface area contributed by atoms with Crippen LogP contribution >= 0.6 is 11.6 Å². The van der Waals surface area contributed by atoms with Crippen LogP contribution in [0.5, 0.6) is 5.88 Å². The summed E-state index contributed by atoms with van der Waals surface area (Å²) in [5.74, 6) is -1.17. The van der Waals surface area contributed by atoms with Gasteiger partial charge in [-0.1, -0.05) is 54.1 Å². The second-order valence-electron chi connectivity index (χ2n) is 10.0. The van der Waals surface area contributed by atoms with Gasteiger partial charge in [0.2, 0.25) is 21.8 Å². The van der Waals surface area contributed by atoms with Crippen molar-refractivity contribution in [2.45, 2.75) is 35.7 Å². The van der Waals surface area contributed by atoms with Gasteiger partial charge in [0.25, 0.3) is 0 Å². The Bertz CT molecular complexity index is 1660. The number of methoxy groups -OCH3 is 1. The minimum Gasteiger partial charge on any atom is -0.481 e. The molecule has 1 unspecified atom stereocenters. The Balaban J connectivity index is 1.32. The van der Waals surface area contributed by atoms with Gasteiger partial charge in [-0.25, -0.2) is 17.8 Å². The molecule has 3 N–H and O–H groups in total. The third-order valence-corrected chi connectivity index (χ3v) is 9.52. The number of pyridine rings is 1. The minimum atomic E-state index is -3.61. The highest BCUT2D eigenvalue weighted by atomic mass is 35.5. The number of nitrogens with one attached hydrogen (secondary N) is 1. The first-order chi connectivity index (χ1) is 20.2. The van der Waals surface area contributed by atoms with Crippen LogP contribution in [-0.4, -0.2) is 49.4 Å². The van der Waals surface area contributed by atoms with Crippen LogP contribution in [0.15, 0.2) is 96.0 Å². The normalized spacial score (nSPS) is 17.7. The van der Waals surface area contributed by atoms with E-state index < -0.39 is 33.7 Å². The average Bonchev–Trinajstić information content (AvgIpc) is 3.79. The van der Waals surface area contributed by atoms with Crippen molar-refractivity contribution in [3.05, 3.63) is 119 Å². The molecule has 0 spiro atoms. The lowest BCUT2D eigenvalue weighted by atomic mass is 9.85. The molecule has 0 radical (unpaired) electrons. The number of hydrogen-bond donors (Lipinski definition) is 2. The predicted octanol–water partition coefficient (Wildman–Crippen LogP) is 4.99. The predicted molar refractivity (Wildman–Crippen MR) is 160 cm³/mol. The molecular formula is C31H30ClFN4O4S. The molecule has 0 bridgehead atoms. The Labute approximate surface area is 249 Å². The Morgan fingerprint density at radius 2 is 1.79 bits per heavy atom. The Kier molecular flexibility index (Phi) is 8.88. The SMILES string of the molecule is COc1ccc([C@H](c2ccc(Cl)cc2)[C@H](N)C(=O)Nc2cccc(F)c2CC[C@H]2CN2S(=O)(=O)c2ccccc2)cn1. The number of anilines is 1. The molecule has 1 saturated heterocycles. The molecule has 3 aromatic carbocycles. The van der Waals surface area contributed by atoms with Crippen molar-refractivity contribution in [3.63, 3.8) is 0 Å². The van der Waals surface area contributed by atoms with Gasteiger partial charge < -0.3 is 15.8 Å². The van der Waals surface area contributed by atoms with Crippen LogP contribution in [0.3, 0.4) is 0 Å². The van der Waals surface area contributed by atoms with Crippen LogP contribution in [0, 0.1) is 5.82 Å². The summed E-state index contributed by atoms with van der Waals surface area (Å²) in [4.78, 5) is 18.0. The summed E-state index contributed by atoms with van der Waals surface area (Å²) in [7, 11) is -2.10. The maximum Gasteiger partial charge on any atom is 0.243 e. The van der Waals surface area contributed by atoms with E-state index in [1.165, 1.54) is 23.5 Å². The van der Waals surface area contributed by atoms with Crippen molar-refractivity contribution in [3.8, 4) is 5.88 Å². The van der Waals surface area contributed by atoms with E-state index in [0.717, 1.165) is 5.56 Å². The number of benzene rings is 3. The highest BCUT2D eigenvalue weighted by Gasteiger charge is 2.44. The largest absolute Gasteiger partial charge is 0.481 e. The summed E-state index contributed by atoms with van der Waals surface area (Å²) in [6, 6.07) is 21.8. The van der Waals surface area contributed by atoms with Crippen molar-refractivity contribution in [2.75, 3.05) is 19.0 Å². The Morgan fingerprint density at radius 3 is 2.45 bits per heavy atom. The van der Waals surface area contributed by atoms with E-state index in [1.807, 2.05) is 0 Å². The Hall–Kier alpha value is -3.83. The van der Waals surface area contributed by atoms with Gasteiger partial charge in [-0.3, -0.25) is 4.79 Å². The standard InChI is InChI=1S/C31H30ClFN4O4S/c1-41-28-17-12-21(18-35-28)29(20-10-13-22(32)14-11-20)30(34)31(38)36-27-9-5-8-26(33)25(27)16-15-23-19-37(23)42(39,40)24-6-3-2-4-7-24/h2-14,17-18,23,29-30H,15-16,19,34H2,1H3,(H,36,38)/t23-,29-,30-,37?/m0/s1. The lowest BCUT2D eigenvalue weighted by Crippen LogP contribution is -2.41. The molecule has 4 aromatic rings. The van der Waals surface area contributed by atoms with Gasteiger partial charge in [0, 0.05) is 47.0 Å².